The number of alkyl halides is 1. The Labute approximate surface area is 111 Å². The smallest absolute Gasteiger partial charge is 0.159 e. The summed E-state index contributed by atoms with van der Waals surface area (Å²) in [5.74, 6) is -1.08. The fourth-order valence-corrected chi connectivity index (χ4v) is 2.90. The van der Waals surface area contributed by atoms with Crippen molar-refractivity contribution < 1.29 is 8.78 Å². The predicted octanol–water partition coefficient (Wildman–Crippen LogP) is 5.62. The van der Waals surface area contributed by atoms with Gasteiger partial charge in [0.25, 0.3) is 0 Å². The molecule has 0 aliphatic rings. The number of halogens is 3. The lowest BCUT2D eigenvalue weighted by Gasteiger charge is -2.21. The van der Waals surface area contributed by atoms with Crippen LogP contribution in [0, 0.1) is 17.6 Å². The molecule has 2 atom stereocenters. The molecule has 0 aliphatic heterocycles. The molecule has 17 heavy (non-hydrogen) atoms. The number of rotatable bonds is 6. The number of unbranched alkanes of at least 4 members (excludes halogenated alkanes) is 1. The summed E-state index contributed by atoms with van der Waals surface area (Å²) < 4.78 is 26.0. The van der Waals surface area contributed by atoms with E-state index >= 15 is 0 Å². The first kappa shape index (κ1) is 14.6. The SMILES string of the molecule is CCCCC(CC)C(Br)c1ccc(F)c(F)c1. The van der Waals surface area contributed by atoms with Crippen LogP contribution < -0.4 is 0 Å². The summed E-state index contributed by atoms with van der Waals surface area (Å²) >= 11 is 3.61. The van der Waals surface area contributed by atoms with Gasteiger partial charge in [0.2, 0.25) is 0 Å². The Bertz CT molecular complexity index is 352. The van der Waals surface area contributed by atoms with Gasteiger partial charge >= 0.3 is 0 Å². The first-order valence-corrected chi connectivity index (χ1v) is 7.10. The van der Waals surface area contributed by atoms with Crippen LogP contribution in [-0.2, 0) is 0 Å². The van der Waals surface area contributed by atoms with Crippen LogP contribution in [0.1, 0.15) is 49.9 Å². The van der Waals surface area contributed by atoms with Crippen LogP contribution in [0.2, 0.25) is 0 Å². The van der Waals surface area contributed by atoms with Crippen LogP contribution in [0.15, 0.2) is 18.2 Å². The van der Waals surface area contributed by atoms with Crippen molar-refractivity contribution in [1.29, 1.82) is 0 Å². The molecule has 0 saturated carbocycles. The third kappa shape index (κ3) is 4.06. The van der Waals surface area contributed by atoms with Gasteiger partial charge in [-0.1, -0.05) is 55.1 Å². The molecular weight excluding hydrogens is 286 g/mol. The molecule has 2 unspecified atom stereocenters. The Morgan fingerprint density at radius 3 is 2.41 bits per heavy atom. The zero-order chi connectivity index (χ0) is 12.8. The van der Waals surface area contributed by atoms with Gasteiger partial charge in [0, 0.05) is 4.83 Å². The highest BCUT2D eigenvalue weighted by Gasteiger charge is 2.19. The van der Waals surface area contributed by atoms with Crippen molar-refractivity contribution in [3.63, 3.8) is 0 Å². The molecule has 0 nitrogen and oxygen atoms in total. The lowest BCUT2D eigenvalue weighted by molar-refractivity contribution is 0.443. The maximum absolute atomic E-state index is 13.2. The molecule has 0 aromatic heterocycles. The van der Waals surface area contributed by atoms with E-state index in [9.17, 15) is 8.78 Å². The summed E-state index contributed by atoms with van der Waals surface area (Å²) in [6.45, 7) is 4.29. The Hall–Kier alpha value is -0.440. The summed E-state index contributed by atoms with van der Waals surface area (Å²) in [5.41, 5.74) is 0.826. The van der Waals surface area contributed by atoms with Crippen molar-refractivity contribution in [2.45, 2.75) is 44.4 Å². The van der Waals surface area contributed by atoms with Crippen LogP contribution in [-0.4, -0.2) is 0 Å². The van der Waals surface area contributed by atoms with Gasteiger partial charge in [-0.2, -0.15) is 0 Å². The lowest BCUT2D eigenvalue weighted by atomic mass is 9.92. The van der Waals surface area contributed by atoms with E-state index in [0.717, 1.165) is 24.8 Å². The minimum atomic E-state index is -0.782. The van der Waals surface area contributed by atoms with Gasteiger partial charge in [-0.15, -0.1) is 0 Å². The van der Waals surface area contributed by atoms with E-state index in [0.29, 0.717) is 5.92 Å². The van der Waals surface area contributed by atoms with Gasteiger partial charge in [-0.3, -0.25) is 0 Å². The second kappa shape index (κ2) is 7.10. The van der Waals surface area contributed by atoms with E-state index in [2.05, 4.69) is 29.8 Å². The third-order valence-electron chi connectivity index (χ3n) is 3.13. The summed E-state index contributed by atoms with van der Waals surface area (Å²) in [7, 11) is 0. The summed E-state index contributed by atoms with van der Waals surface area (Å²) in [5, 5.41) is 0. The molecule has 0 radical (unpaired) electrons. The fourth-order valence-electron chi connectivity index (χ4n) is 1.98. The van der Waals surface area contributed by atoms with Crippen molar-refractivity contribution in [3.8, 4) is 0 Å². The maximum Gasteiger partial charge on any atom is 0.159 e. The standard InChI is InChI=1S/C14H19BrF2/c1-3-5-6-10(4-2)14(15)11-7-8-12(16)13(17)9-11/h7-10,14H,3-6H2,1-2H3. The van der Waals surface area contributed by atoms with Crippen molar-refractivity contribution >= 4 is 15.9 Å². The van der Waals surface area contributed by atoms with Crippen molar-refractivity contribution in [2.24, 2.45) is 5.92 Å². The van der Waals surface area contributed by atoms with E-state index in [4.69, 9.17) is 0 Å². The van der Waals surface area contributed by atoms with E-state index in [-0.39, 0.29) is 4.83 Å². The lowest BCUT2D eigenvalue weighted by Crippen LogP contribution is -2.07. The van der Waals surface area contributed by atoms with E-state index in [1.807, 2.05) is 0 Å². The fraction of sp³-hybridized carbons (Fsp3) is 0.571. The molecule has 0 N–H and O–H groups in total. The highest BCUT2D eigenvalue weighted by molar-refractivity contribution is 9.09. The van der Waals surface area contributed by atoms with E-state index in [1.165, 1.54) is 18.6 Å². The minimum absolute atomic E-state index is 0.106. The van der Waals surface area contributed by atoms with Crippen LogP contribution in [0.4, 0.5) is 8.78 Å². The molecular formula is C14H19BrF2. The molecule has 0 saturated heterocycles. The summed E-state index contributed by atoms with van der Waals surface area (Å²) in [4.78, 5) is 0.106. The molecule has 0 heterocycles. The highest BCUT2D eigenvalue weighted by atomic mass is 79.9. The molecule has 1 aromatic rings. The molecule has 3 heteroatoms. The first-order valence-electron chi connectivity index (χ1n) is 6.19. The van der Waals surface area contributed by atoms with E-state index < -0.39 is 11.6 Å². The van der Waals surface area contributed by atoms with Crippen LogP contribution in [0.3, 0.4) is 0 Å². The minimum Gasteiger partial charge on any atom is -0.204 e. The number of hydrogen-bond donors (Lipinski definition) is 0. The van der Waals surface area contributed by atoms with Crippen molar-refractivity contribution in [2.75, 3.05) is 0 Å². The van der Waals surface area contributed by atoms with Crippen molar-refractivity contribution in [1.82, 2.24) is 0 Å². The second-order valence-corrected chi connectivity index (χ2v) is 5.37. The van der Waals surface area contributed by atoms with Crippen molar-refractivity contribution in [3.05, 3.63) is 35.4 Å². The zero-order valence-corrected chi connectivity index (χ0v) is 11.9. The average Bonchev–Trinajstić information content (AvgIpc) is 2.33. The van der Waals surface area contributed by atoms with Gasteiger partial charge in [0.05, 0.1) is 0 Å². The summed E-state index contributed by atoms with van der Waals surface area (Å²) in [6, 6.07) is 4.15. The Kier molecular flexibility index (Phi) is 6.10. The zero-order valence-electron chi connectivity index (χ0n) is 10.3. The van der Waals surface area contributed by atoms with Gasteiger partial charge in [-0.05, 0) is 30.0 Å². The summed E-state index contributed by atoms with van der Waals surface area (Å²) in [6.07, 6.45) is 4.48. The van der Waals surface area contributed by atoms with E-state index in [1.54, 1.807) is 6.07 Å². The van der Waals surface area contributed by atoms with Gasteiger partial charge < -0.3 is 0 Å². The maximum atomic E-state index is 13.2. The third-order valence-corrected chi connectivity index (χ3v) is 4.41. The largest absolute Gasteiger partial charge is 0.204 e. The second-order valence-electron chi connectivity index (χ2n) is 4.39. The molecule has 96 valence electrons. The average molecular weight is 305 g/mol. The molecule has 0 amide bonds. The quantitative estimate of drug-likeness (QED) is 0.599. The Morgan fingerprint density at radius 2 is 1.88 bits per heavy atom. The van der Waals surface area contributed by atoms with Gasteiger partial charge in [0.15, 0.2) is 11.6 Å². The van der Waals surface area contributed by atoms with Gasteiger partial charge in [-0.25, -0.2) is 8.78 Å². The van der Waals surface area contributed by atoms with Crippen LogP contribution in [0.25, 0.3) is 0 Å². The molecule has 0 aliphatic carbocycles. The Balaban J connectivity index is 2.78. The molecule has 1 aromatic carbocycles. The monoisotopic (exact) mass is 304 g/mol. The predicted molar refractivity (Wildman–Crippen MR) is 71.3 cm³/mol. The first-order chi connectivity index (χ1) is 8.10. The number of benzene rings is 1. The molecule has 0 bridgehead atoms. The highest BCUT2D eigenvalue weighted by Crippen LogP contribution is 2.36. The topological polar surface area (TPSA) is 0 Å². The Morgan fingerprint density at radius 1 is 1.18 bits per heavy atom. The van der Waals surface area contributed by atoms with Crippen LogP contribution >= 0.6 is 15.9 Å². The number of hydrogen-bond acceptors (Lipinski definition) is 0. The van der Waals surface area contributed by atoms with Crippen LogP contribution in [0.5, 0.6) is 0 Å². The molecule has 1 rings (SSSR count). The molecule has 0 spiro atoms. The normalized spacial score (nSPS) is 14.6. The van der Waals surface area contributed by atoms with Gasteiger partial charge in [0.1, 0.15) is 0 Å². The molecule has 0 fully saturated rings.